The van der Waals surface area contributed by atoms with Crippen LogP contribution in [0, 0.1) is 16.3 Å². The Morgan fingerprint density at radius 3 is 2.51 bits per heavy atom. The van der Waals surface area contributed by atoms with Gasteiger partial charge in [-0.1, -0.05) is 36.4 Å². The van der Waals surface area contributed by atoms with Crippen LogP contribution in [0.4, 0.5) is 14.9 Å². The Morgan fingerprint density at radius 1 is 1.14 bits per heavy atom. The van der Waals surface area contributed by atoms with Crippen molar-refractivity contribution in [2.24, 2.45) is 0 Å². The van der Waals surface area contributed by atoms with E-state index < -0.39 is 35.7 Å². The summed E-state index contributed by atoms with van der Waals surface area (Å²) < 4.78 is 20.3. The molecule has 0 saturated carbocycles. The molecule has 180 valence electrons. The molecule has 1 aliphatic heterocycles. The van der Waals surface area contributed by atoms with Gasteiger partial charge < -0.3 is 15.4 Å². The summed E-state index contributed by atoms with van der Waals surface area (Å²) in [5.41, 5.74) is 2.24. The molecule has 9 heteroatoms. The number of carbonyl (C=O) groups excluding carboxylic acids is 3. The van der Waals surface area contributed by atoms with Crippen LogP contribution in [0.5, 0.6) is 5.75 Å². The molecule has 0 spiro atoms. The number of aryl methyl sites for hydroxylation is 1. The predicted octanol–water partition coefficient (Wildman–Crippen LogP) is 4.59. The van der Waals surface area contributed by atoms with Crippen molar-refractivity contribution in [3.63, 3.8) is 0 Å². The van der Waals surface area contributed by atoms with Crippen LogP contribution in [-0.2, 0) is 16.0 Å². The van der Waals surface area contributed by atoms with Gasteiger partial charge in [-0.3, -0.25) is 9.59 Å². The molecule has 0 aliphatic carbocycles. The van der Waals surface area contributed by atoms with E-state index in [-0.39, 0.29) is 12.1 Å². The van der Waals surface area contributed by atoms with Crippen molar-refractivity contribution in [1.29, 1.82) is 0 Å². The highest BCUT2D eigenvalue weighted by molar-refractivity contribution is 14.1. The number of anilines is 1. The molecule has 7 nitrogen and oxygen atoms in total. The van der Waals surface area contributed by atoms with Gasteiger partial charge in [0.25, 0.3) is 5.91 Å². The minimum Gasteiger partial charge on any atom is -0.497 e. The smallest absolute Gasteiger partial charge is 0.325 e. The molecule has 35 heavy (non-hydrogen) atoms. The number of amides is 4. The zero-order valence-electron chi connectivity index (χ0n) is 19.0. The van der Waals surface area contributed by atoms with E-state index in [0.29, 0.717) is 14.9 Å². The highest BCUT2D eigenvalue weighted by Gasteiger charge is 2.45. The van der Waals surface area contributed by atoms with Gasteiger partial charge in [-0.2, -0.15) is 0 Å². The van der Waals surface area contributed by atoms with Gasteiger partial charge in [0.05, 0.1) is 12.8 Å². The number of hydrogen-bond acceptors (Lipinski definition) is 4. The lowest BCUT2D eigenvalue weighted by atomic mass is 9.99. The molecular weight excluding hydrogens is 564 g/mol. The first-order valence-corrected chi connectivity index (χ1v) is 11.9. The van der Waals surface area contributed by atoms with Crippen molar-refractivity contribution in [3.05, 3.63) is 92.8 Å². The van der Waals surface area contributed by atoms with Crippen LogP contribution in [0.15, 0.2) is 66.7 Å². The number of halogens is 2. The highest BCUT2D eigenvalue weighted by Crippen LogP contribution is 2.28. The van der Waals surface area contributed by atoms with Gasteiger partial charge in [-0.25, -0.2) is 14.1 Å². The van der Waals surface area contributed by atoms with Crippen LogP contribution < -0.4 is 15.4 Å². The Kier molecular flexibility index (Phi) is 7.34. The summed E-state index contributed by atoms with van der Waals surface area (Å²) in [6.07, 6.45) is 0.0823. The molecule has 4 rings (SSSR count). The molecule has 0 radical (unpaired) electrons. The van der Waals surface area contributed by atoms with Crippen molar-refractivity contribution in [2.75, 3.05) is 12.4 Å². The standard InChI is InChI=1S/C26H23FIN3O4/c1-15-5-3-4-6-17(15)13-22(24(32)29-21-12-9-18(28)14-20(21)27)31-25(33)23(30-26(31)34)16-7-10-19(35-2)11-8-16/h3-12,14,22-23H,13H2,1-2H3,(H,29,32)(H,30,34). The van der Waals surface area contributed by atoms with Crippen molar-refractivity contribution in [1.82, 2.24) is 10.2 Å². The molecular formula is C26H23FIN3O4. The molecule has 1 saturated heterocycles. The van der Waals surface area contributed by atoms with Gasteiger partial charge in [0.15, 0.2) is 0 Å². The summed E-state index contributed by atoms with van der Waals surface area (Å²) in [6, 6.07) is 15.7. The Hall–Kier alpha value is -3.47. The summed E-state index contributed by atoms with van der Waals surface area (Å²) in [5, 5.41) is 5.22. The number of carbonyl (C=O) groups is 3. The third kappa shape index (κ3) is 5.29. The number of urea groups is 1. The van der Waals surface area contributed by atoms with E-state index in [1.807, 2.05) is 53.8 Å². The van der Waals surface area contributed by atoms with E-state index in [9.17, 15) is 18.8 Å². The highest BCUT2D eigenvalue weighted by atomic mass is 127. The van der Waals surface area contributed by atoms with E-state index in [1.165, 1.54) is 19.2 Å². The quantitative estimate of drug-likeness (QED) is 0.313. The number of benzene rings is 3. The van der Waals surface area contributed by atoms with Crippen LogP contribution in [0.1, 0.15) is 22.7 Å². The first kappa shape index (κ1) is 24.6. The third-order valence-corrected chi connectivity index (χ3v) is 6.57. The number of nitrogens with zero attached hydrogens (tertiary/aromatic N) is 1. The second kappa shape index (κ2) is 10.4. The topological polar surface area (TPSA) is 87.7 Å². The van der Waals surface area contributed by atoms with E-state index >= 15 is 0 Å². The second-order valence-corrected chi connectivity index (χ2v) is 9.37. The fraction of sp³-hybridized carbons (Fsp3) is 0.192. The minimum atomic E-state index is -1.19. The molecule has 4 amide bonds. The molecule has 2 N–H and O–H groups in total. The Labute approximate surface area is 215 Å². The Balaban J connectivity index is 1.66. The lowest BCUT2D eigenvalue weighted by molar-refractivity contribution is -0.134. The lowest BCUT2D eigenvalue weighted by Crippen LogP contribution is -2.49. The van der Waals surface area contributed by atoms with Crippen molar-refractivity contribution in [3.8, 4) is 5.75 Å². The predicted molar refractivity (Wildman–Crippen MR) is 138 cm³/mol. The van der Waals surface area contributed by atoms with E-state index in [0.717, 1.165) is 16.0 Å². The number of imide groups is 1. The second-order valence-electron chi connectivity index (χ2n) is 8.12. The van der Waals surface area contributed by atoms with Crippen LogP contribution in [0.3, 0.4) is 0 Å². The van der Waals surface area contributed by atoms with Crippen molar-refractivity contribution >= 4 is 46.1 Å². The summed E-state index contributed by atoms with van der Waals surface area (Å²) >= 11 is 1.97. The minimum absolute atomic E-state index is 0.0241. The Morgan fingerprint density at radius 2 is 1.86 bits per heavy atom. The van der Waals surface area contributed by atoms with Gasteiger partial charge in [-0.05, 0) is 76.5 Å². The fourth-order valence-electron chi connectivity index (χ4n) is 3.97. The summed E-state index contributed by atoms with van der Waals surface area (Å²) in [5.74, 6) is -1.21. The van der Waals surface area contributed by atoms with Crippen molar-refractivity contribution in [2.45, 2.75) is 25.4 Å². The summed E-state index contributed by atoms with van der Waals surface area (Å²) in [4.78, 5) is 40.7. The zero-order chi connectivity index (χ0) is 25.1. The first-order chi connectivity index (χ1) is 16.8. The van der Waals surface area contributed by atoms with Crippen LogP contribution in [-0.4, -0.2) is 35.9 Å². The molecule has 3 aromatic rings. The number of nitrogens with one attached hydrogen (secondary N) is 2. The van der Waals surface area contributed by atoms with Gasteiger partial charge in [0, 0.05) is 9.99 Å². The first-order valence-electron chi connectivity index (χ1n) is 10.9. The maximum atomic E-state index is 14.5. The van der Waals surface area contributed by atoms with Crippen LogP contribution in [0.25, 0.3) is 0 Å². The normalized spacial score (nSPS) is 16.1. The molecule has 1 fully saturated rings. The monoisotopic (exact) mass is 587 g/mol. The van der Waals surface area contributed by atoms with Crippen molar-refractivity contribution < 1.29 is 23.5 Å². The molecule has 3 aromatic carbocycles. The molecule has 0 bridgehead atoms. The average molecular weight is 587 g/mol. The Bertz CT molecular complexity index is 1280. The average Bonchev–Trinajstić information content (AvgIpc) is 3.14. The van der Waals surface area contributed by atoms with E-state index in [4.69, 9.17) is 4.74 Å². The SMILES string of the molecule is COc1ccc(C2NC(=O)N(C(Cc3ccccc3C)C(=O)Nc3ccc(I)cc3F)C2=O)cc1. The fourth-order valence-corrected chi connectivity index (χ4v) is 4.42. The van der Waals surface area contributed by atoms with Crippen LogP contribution >= 0.6 is 22.6 Å². The maximum absolute atomic E-state index is 14.5. The summed E-state index contributed by atoms with van der Waals surface area (Å²) in [7, 11) is 1.53. The molecule has 0 aromatic heterocycles. The largest absolute Gasteiger partial charge is 0.497 e. The molecule has 2 unspecified atom stereocenters. The maximum Gasteiger partial charge on any atom is 0.325 e. The van der Waals surface area contributed by atoms with Crippen LogP contribution in [0.2, 0.25) is 0 Å². The lowest BCUT2D eigenvalue weighted by Gasteiger charge is -2.25. The van der Waals surface area contributed by atoms with Gasteiger partial charge in [0.2, 0.25) is 5.91 Å². The third-order valence-electron chi connectivity index (χ3n) is 5.90. The zero-order valence-corrected chi connectivity index (χ0v) is 21.2. The van der Waals surface area contributed by atoms with Gasteiger partial charge >= 0.3 is 6.03 Å². The number of methoxy groups -OCH3 is 1. The van der Waals surface area contributed by atoms with Gasteiger partial charge in [0.1, 0.15) is 23.7 Å². The molecule has 2 atom stereocenters. The number of rotatable bonds is 7. The van der Waals surface area contributed by atoms with E-state index in [2.05, 4.69) is 10.6 Å². The summed E-state index contributed by atoms with van der Waals surface area (Å²) in [6.45, 7) is 1.88. The number of ether oxygens (including phenoxy) is 1. The van der Waals surface area contributed by atoms with E-state index in [1.54, 1.807) is 30.3 Å². The number of hydrogen-bond donors (Lipinski definition) is 2. The molecule has 1 aliphatic rings. The molecule has 1 heterocycles. The van der Waals surface area contributed by atoms with Gasteiger partial charge in [-0.15, -0.1) is 0 Å².